The largest absolute Gasteiger partial charge is 0.356 e. The molecule has 1 fully saturated rings. The van der Waals surface area contributed by atoms with Crippen molar-refractivity contribution in [2.45, 2.75) is 49.8 Å². The molecule has 1 saturated carbocycles. The van der Waals surface area contributed by atoms with Gasteiger partial charge in [0.1, 0.15) is 0 Å². The molecule has 0 amide bonds. The number of hydrogen-bond donors (Lipinski definition) is 2. The highest BCUT2D eigenvalue weighted by atomic mass is 32.2. The predicted octanol–water partition coefficient (Wildman–Crippen LogP) is 3.63. The molecule has 2 aromatic rings. The van der Waals surface area contributed by atoms with Gasteiger partial charge in [0.05, 0.1) is 5.69 Å². The minimum Gasteiger partial charge on any atom is -0.356 e. The van der Waals surface area contributed by atoms with Crippen molar-refractivity contribution in [1.82, 2.24) is 20.4 Å². The van der Waals surface area contributed by atoms with Crippen LogP contribution in [0.25, 0.3) is 0 Å². The van der Waals surface area contributed by atoms with Gasteiger partial charge in [0.15, 0.2) is 5.96 Å². The number of aromatic nitrogens is 2. The van der Waals surface area contributed by atoms with E-state index in [1.807, 2.05) is 25.7 Å². The van der Waals surface area contributed by atoms with Crippen LogP contribution >= 0.6 is 11.8 Å². The standard InChI is InChI=1S/C21H31N5S/c1-16(14-26-18(3)12-17(2)25-26)13-23-20(22-4)24-15-21(10-11-21)27-19-8-6-5-7-9-19/h5-9,12,16H,10-11,13-15H2,1-4H3,(H2,22,23,24). The Morgan fingerprint density at radius 3 is 2.59 bits per heavy atom. The number of nitrogens with zero attached hydrogens (tertiary/aromatic N) is 3. The number of benzene rings is 1. The molecule has 3 rings (SSSR count). The van der Waals surface area contributed by atoms with E-state index in [9.17, 15) is 0 Å². The van der Waals surface area contributed by atoms with Crippen LogP contribution in [0.1, 0.15) is 31.2 Å². The van der Waals surface area contributed by atoms with Gasteiger partial charge in [0, 0.05) is 42.0 Å². The second kappa shape index (κ2) is 8.83. The Bertz CT molecular complexity index is 764. The molecule has 1 aromatic carbocycles. The molecule has 1 aromatic heterocycles. The summed E-state index contributed by atoms with van der Waals surface area (Å²) in [6.07, 6.45) is 2.51. The van der Waals surface area contributed by atoms with Gasteiger partial charge in [0.2, 0.25) is 0 Å². The topological polar surface area (TPSA) is 54.2 Å². The monoisotopic (exact) mass is 385 g/mol. The van der Waals surface area contributed by atoms with E-state index in [4.69, 9.17) is 0 Å². The summed E-state index contributed by atoms with van der Waals surface area (Å²) in [5.74, 6) is 1.35. The number of hydrogen-bond acceptors (Lipinski definition) is 3. The van der Waals surface area contributed by atoms with Gasteiger partial charge in [-0.1, -0.05) is 25.1 Å². The lowest BCUT2D eigenvalue weighted by molar-refractivity contribution is 0.436. The van der Waals surface area contributed by atoms with E-state index in [1.165, 1.54) is 23.4 Å². The van der Waals surface area contributed by atoms with Crippen LogP contribution in [0.15, 0.2) is 46.3 Å². The third-order valence-electron chi connectivity index (χ3n) is 4.89. The molecular formula is C21H31N5S. The van der Waals surface area contributed by atoms with Crippen molar-refractivity contribution in [1.29, 1.82) is 0 Å². The van der Waals surface area contributed by atoms with Crippen LogP contribution in [0.2, 0.25) is 0 Å². The van der Waals surface area contributed by atoms with Gasteiger partial charge in [-0.15, -0.1) is 11.8 Å². The van der Waals surface area contributed by atoms with Crippen LogP contribution in [-0.2, 0) is 6.54 Å². The quantitative estimate of drug-likeness (QED) is 0.538. The third-order valence-corrected chi connectivity index (χ3v) is 6.39. The molecule has 6 heteroatoms. The maximum Gasteiger partial charge on any atom is 0.191 e. The maximum atomic E-state index is 4.55. The highest BCUT2D eigenvalue weighted by molar-refractivity contribution is 8.01. The Balaban J connectivity index is 1.43. The van der Waals surface area contributed by atoms with Crippen molar-refractivity contribution in [2.24, 2.45) is 10.9 Å². The number of guanidine groups is 1. The molecule has 0 radical (unpaired) electrons. The molecule has 1 unspecified atom stereocenters. The molecule has 146 valence electrons. The Labute approximate surface area is 167 Å². The van der Waals surface area contributed by atoms with Crippen molar-refractivity contribution in [2.75, 3.05) is 20.1 Å². The fourth-order valence-electron chi connectivity index (χ4n) is 3.15. The number of thioether (sulfide) groups is 1. The van der Waals surface area contributed by atoms with E-state index in [-0.39, 0.29) is 0 Å². The van der Waals surface area contributed by atoms with Crippen LogP contribution in [-0.4, -0.2) is 40.6 Å². The Morgan fingerprint density at radius 1 is 1.26 bits per heavy atom. The molecular weight excluding hydrogens is 354 g/mol. The Kier molecular flexibility index (Phi) is 6.47. The number of rotatable bonds is 8. The van der Waals surface area contributed by atoms with Gasteiger partial charge in [-0.2, -0.15) is 5.10 Å². The van der Waals surface area contributed by atoms with Crippen LogP contribution in [0.5, 0.6) is 0 Å². The van der Waals surface area contributed by atoms with Gasteiger partial charge in [-0.05, 0) is 50.8 Å². The molecule has 0 aliphatic heterocycles. The van der Waals surface area contributed by atoms with E-state index in [1.54, 1.807) is 0 Å². The summed E-state index contributed by atoms with van der Waals surface area (Å²) in [5.41, 5.74) is 2.30. The zero-order valence-electron chi connectivity index (χ0n) is 16.8. The van der Waals surface area contributed by atoms with E-state index in [0.29, 0.717) is 10.7 Å². The zero-order chi connectivity index (χ0) is 19.3. The Morgan fingerprint density at radius 2 is 2.00 bits per heavy atom. The normalized spacial score (nSPS) is 16.8. The van der Waals surface area contributed by atoms with E-state index >= 15 is 0 Å². The lowest BCUT2D eigenvalue weighted by Gasteiger charge is -2.20. The first kappa shape index (κ1) is 19.8. The van der Waals surface area contributed by atoms with Gasteiger partial charge in [-0.25, -0.2) is 0 Å². The van der Waals surface area contributed by atoms with Gasteiger partial charge in [0.25, 0.3) is 0 Å². The lowest BCUT2D eigenvalue weighted by Crippen LogP contribution is -2.43. The van der Waals surface area contributed by atoms with E-state index in [2.05, 4.69) is 75.7 Å². The molecule has 1 aliphatic rings. The first-order valence-electron chi connectivity index (χ1n) is 9.69. The van der Waals surface area contributed by atoms with Crippen molar-refractivity contribution in [3.8, 4) is 0 Å². The summed E-state index contributed by atoms with van der Waals surface area (Å²) in [4.78, 5) is 5.73. The van der Waals surface area contributed by atoms with Gasteiger partial charge < -0.3 is 10.6 Å². The minimum absolute atomic E-state index is 0.314. The molecule has 27 heavy (non-hydrogen) atoms. The van der Waals surface area contributed by atoms with Crippen LogP contribution in [0.4, 0.5) is 0 Å². The molecule has 0 saturated heterocycles. The first-order chi connectivity index (χ1) is 13.0. The SMILES string of the molecule is CN=C(NCC(C)Cn1nc(C)cc1C)NCC1(Sc2ccccc2)CC1. The minimum atomic E-state index is 0.314. The maximum absolute atomic E-state index is 4.55. The summed E-state index contributed by atoms with van der Waals surface area (Å²) >= 11 is 1.98. The molecule has 0 spiro atoms. The van der Waals surface area contributed by atoms with Crippen molar-refractivity contribution in [3.63, 3.8) is 0 Å². The predicted molar refractivity (Wildman–Crippen MR) is 114 cm³/mol. The Hall–Kier alpha value is -1.95. The molecule has 0 bridgehead atoms. The molecule has 1 heterocycles. The molecule has 2 N–H and O–H groups in total. The lowest BCUT2D eigenvalue weighted by atomic mass is 10.2. The fourth-order valence-corrected chi connectivity index (χ4v) is 4.39. The summed E-state index contributed by atoms with van der Waals surface area (Å²) in [5, 5.41) is 11.5. The second-order valence-electron chi connectivity index (χ2n) is 7.62. The van der Waals surface area contributed by atoms with Crippen molar-refractivity contribution >= 4 is 17.7 Å². The van der Waals surface area contributed by atoms with Crippen molar-refractivity contribution < 1.29 is 0 Å². The van der Waals surface area contributed by atoms with Gasteiger partial charge in [-0.3, -0.25) is 9.67 Å². The van der Waals surface area contributed by atoms with E-state index < -0.39 is 0 Å². The summed E-state index contributed by atoms with van der Waals surface area (Å²) < 4.78 is 2.40. The number of nitrogens with one attached hydrogen (secondary N) is 2. The highest BCUT2D eigenvalue weighted by Crippen LogP contribution is 2.51. The van der Waals surface area contributed by atoms with E-state index in [0.717, 1.165) is 31.3 Å². The average Bonchev–Trinajstić information content (AvgIpc) is 3.33. The molecule has 1 atom stereocenters. The van der Waals surface area contributed by atoms with Crippen molar-refractivity contribution in [3.05, 3.63) is 47.8 Å². The smallest absolute Gasteiger partial charge is 0.191 e. The number of aliphatic imine (C=N–C) groups is 1. The summed E-state index contributed by atoms with van der Waals surface area (Å²) in [6, 6.07) is 12.8. The summed E-state index contributed by atoms with van der Waals surface area (Å²) in [6.45, 7) is 9.12. The third kappa shape index (κ3) is 5.76. The highest BCUT2D eigenvalue weighted by Gasteiger charge is 2.43. The first-order valence-corrected chi connectivity index (χ1v) is 10.5. The summed E-state index contributed by atoms with van der Waals surface area (Å²) in [7, 11) is 1.84. The second-order valence-corrected chi connectivity index (χ2v) is 9.16. The average molecular weight is 386 g/mol. The fraction of sp³-hybridized carbons (Fsp3) is 0.524. The van der Waals surface area contributed by atoms with Crippen LogP contribution < -0.4 is 10.6 Å². The number of aryl methyl sites for hydroxylation is 2. The molecule has 1 aliphatic carbocycles. The van der Waals surface area contributed by atoms with Crippen LogP contribution in [0.3, 0.4) is 0 Å². The molecule has 5 nitrogen and oxygen atoms in total. The van der Waals surface area contributed by atoms with Crippen LogP contribution in [0, 0.1) is 19.8 Å². The van der Waals surface area contributed by atoms with Gasteiger partial charge >= 0.3 is 0 Å². The zero-order valence-corrected chi connectivity index (χ0v) is 17.6.